The van der Waals surface area contributed by atoms with Gasteiger partial charge in [-0.2, -0.15) is 0 Å². The molecule has 106 valence electrons. The summed E-state index contributed by atoms with van der Waals surface area (Å²) < 4.78 is 6.47. The number of ether oxygens (including phenoxy) is 1. The Morgan fingerprint density at radius 2 is 1.85 bits per heavy atom. The minimum atomic E-state index is -1.10. The lowest BCUT2D eigenvalue weighted by Crippen LogP contribution is -2.24. The van der Waals surface area contributed by atoms with Gasteiger partial charge < -0.3 is 9.84 Å². The van der Waals surface area contributed by atoms with Crippen molar-refractivity contribution in [2.24, 2.45) is 0 Å². The smallest absolute Gasteiger partial charge is 0.128 e. The van der Waals surface area contributed by atoms with Crippen molar-refractivity contribution in [1.82, 2.24) is 0 Å². The number of aliphatic hydroxyl groups is 1. The summed E-state index contributed by atoms with van der Waals surface area (Å²) in [6.45, 7) is 5.84. The molecule has 0 aliphatic heterocycles. The summed E-state index contributed by atoms with van der Waals surface area (Å²) in [5.41, 5.74) is 2.71. The Morgan fingerprint density at radius 1 is 1.15 bits per heavy atom. The Labute approximate surface area is 128 Å². The highest BCUT2D eigenvalue weighted by molar-refractivity contribution is 9.10. The van der Waals surface area contributed by atoms with Crippen molar-refractivity contribution in [2.75, 3.05) is 7.11 Å². The van der Waals surface area contributed by atoms with E-state index >= 15 is 0 Å². The van der Waals surface area contributed by atoms with Crippen LogP contribution in [0, 0.1) is 13.8 Å². The van der Waals surface area contributed by atoms with Crippen LogP contribution in [0.4, 0.5) is 0 Å². The van der Waals surface area contributed by atoms with Crippen molar-refractivity contribution in [3.8, 4) is 5.75 Å². The molecule has 20 heavy (non-hydrogen) atoms. The molecule has 0 spiro atoms. The first-order valence-electron chi connectivity index (χ1n) is 6.51. The van der Waals surface area contributed by atoms with Crippen molar-refractivity contribution in [2.45, 2.75) is 26.4 Å². The third kappa shape index (κ3) is 2.60. The zero-order valence-electron chi connectivity index (χ0n) is 12.2. The van der Waals surface area contributed by atoms with Crippen LogP contribution in [0.5, 0.6) is 5.75 Å². The molecule has 2 rings (SSSR count). The normalized spacial score (nSPS) is 13.9. The van der Waals surface area contributed by atoms with Gasteiger partial charge in [0.05, 0.1) is 7.11 Å². The molecule has 0 saturated carbocycles. The molecule has 3 heteroatoms. The van der Waals surface area contributed by atoms with Gasteiger partial charge in [0.2, 0.25) is 0 Å². The van der Waals surface area contributed by atoms with Crippen molar-refractivity contribution in [1.29, 1.82) is 0 Å². The monoisotopic (exact) mass is 334 g/mol. The van der Waals surface area contributed by atoms with Crippen molar-refractivity contribution in [3.05, 3.63) is 63.1 Å². The van der Waals surface area contributed by atoms with Crippen LogP contribution in [0.2, 0.25) is 0 Å². The maximum atomic E-state index is 11.0. The lowest BCUT2D eigenvalue weighted by Gasteiger charge is -2.28. The van der Waals surface area contributed by atoms with Crippen LogP contribution >= 0.6 is 15.9 Å². The van der Waals surface area contributed by atoms with Gasteiger partial charge in [0.1, 0.15) is 11.4 Å². The first-order chi connectivity index (χ1) is 9.37. The maximum absolute atomic E-state index is 11.0. The lowest BCUT2D eigenvalue weighted by molar-refractivity contribution is 0.0987. The van der Waals surface area contributed by atoms with Crippen LogP contribution in [0.25, 0.3) is 0 Å². The molecular weight excluding hydrogens is 316 g/mol. The number of hydrogen-bond donors (Lipinski definition) is 1. The minimum Gasteiger partial charge on any atom is -0.496 e. The Kier molecular flexibility index (Phi) is 4.21. The first-order valence-corrected chi connectivity index (χ1v) is 7.30. The Morgan fingerprint density at radius 3 is 2.45 bits per heavy atom. The second kappa shape index (κ2) is 5.58. The van der Waals surface area contributed by atoms with Gasteiger partial charge in [0.25, 0.3) is 0 Å². The Balaban J connectivity index is 2.63. The summed E-state index contributed by atoms with van der Waals surface area (Å²) in [5.74, 6) is 0.745. The van der Waals surface area contributed by atoms with E-state index in [1.807, 2.05) is 50.2 Å². The van der Waals surface area contributed by atoms with Gasteiger partial charge >= 0.3 is 0 Å². The molecular formula is C17H19BrO2. The third-order valence-electron chi connectivity index (χ3n) is 3.79. The van der Waals surface area contributed by atoms with Crippen LogP contribution in [0.1, 0.15) is 29.2 Å². The molecule has 2 aromatic rings. The maximum Gasteiger partial charge on any atom is 0.128 e. The fourth-order valence-electron chi connectivity index (χ4n) is 2.38. The highest BCUT2D eigenvalue weighted by Gasteiger charge is 2.30. The number of methoxy groups -OCH3 is 1. The third-order valence-corrected chi connectivity index (χ3v) is 4.29. The zero-order valence-corrected chi connectivity index (χ0v) is 13.8. The van der Waals surface area contributed by atoms with E-state index in [0.717, 1.165) is 32.5 Å². The largest absolute Gasteiger partial charge is 0.496 e. The predicted molar refractivity (Wildman–Crippen MR) is 85.3 cm³/mol. The fraction of sp³-hybridized carbons (Fsp3) is 0.294. The van der Waals surface area contributed by atoms with E-state index in [2.05, 4.69) is 15.9 Å². The number of hydrogen-bond acceptors (Lipinski definition) is 2. The van der Waals surface area contributed by atoms with Gasteiger partial charge in [0, 0.05) is 10.0 Å². The molecule has 0 radical (unpaired) electrons. The van der Waals surface area contributed by atoms with Gasteiger partial charge in [-0.05, 0) is 49.6 Å². The number of aryl methyl sites for hydroxylation is 1. The molecule has 0 amide bonds. The molecule has 0 aliphatic carbocycles. The number of halogens is 1. The summed E-state index contributed by atoms with van der Waals surface area (Å²) in [6.07, 6.45) is 0. The van der Waals surface area contributed by atoms with E-state index in [-0.39, 0.29) is 0 Å². The molecule has 1 unspecified atom stereocenters. The molecule has 0 heterocycles. The highest BCUT2D eigenvalue weighted by Crippen LogP contribution is 2.38. The summed E-state index contributed by atoms with van der Waals surface area (Å²) in [5, 5.41) is 11.0. The average molecular weight is 335 g/mol. The van der Waals surface area contributed by atoms with E-state index < -0.39 is 5.60 Å². The van der Waals surface area contributed by atoms with Gasteiger partial charge in [-0.1, -0.05) is 40.2 Å². The molecule has 1 N–H and O–H groups in total. The zero-order chi connectivity index (χ0) is 14.9. The second-order valence-corrected chi connectivity index (χ2v) is 6.09. The van der Waals surface area contributed by atoms with E-state index in [1.54, 1.807) is 14.0 Å². The molecule has 0 fully saturated rings. The van der Waals surface area contributed by atoms with Crippen molar-refractivity contribution in [3.63, 3.8) is 0 Å². The van der Waals surface area contributed by atoms with Gasteiger partial charge in [0.15, 0.2) is 0 Å². The summed E-state index contributed by atoms with van der Waals surface area (Å²) in [4.78, 5) is 0. The SMILES string of the molecule is COc1c(C(C)(O)c2cccc(Br)c2)ccc(C)c1C. The van der Waals surface area contributed by atoms with E-state index in [9.17, 15) is 5.11 Å². The van der Waals surface area contributed by atoms with Crippen molar-refractivity contribution >= 4 is 15.9 Å². The van der Waals surface area contributed by atoms with Crippen LogP contribution < -0.4 is 4.74 Å². The number of benzene rings is 2. The molecule has 0 saturated heterocycles. The topological polar surface area (TPSA) is 29.5 Å². The average Bonchev–Trinajstić information content (AvgIpc) is 2.41. The summed E-state index contributed by atoms with van der Waals surface area (Å²) in [7, 11) is 1.64. The molecule has 0 aliphatic rings. The fourth-order valence-corrected chi connectivity index (χ4v) is 2.78. The van der Waals surface area contributed by atoms with Crippen molar-refractivity contribution < 1.29 is 9.84 Å². The van der Waals surface area contributed by atoms with Gasteiger partial charge in [-0.15, -0.1) is 0 Å². The van der Waals surface area contributed by atoms with Crippen LogP contribution in [0.15, 0.2) is 40.9 Å². The molecule has 2 nitrogen and oxygen atoms in total. The summed E-state index contributed by atoms with van der Waals surface area (Å²) in [6, 6.07) is 11.6. The highest BCUT2D eigenvalue weighted by atomic mass is 79.9. The minimum absolute atomic E-state index is 0.745. The van der Waals surface area contributed by atoms with E-state index in [0.29, 0.717) is 0 Å². The first kappa shape index (κ1) is 15.1. The van der Waals surface area contributed by atoms with Gasteiger partial charge in [-0.3, -0.25) is 0 Å². The van der Waals surface area contributed by atoms with Crippen LogP contribution in [0.3, 0.4) is 0 Å². The van der Waals surface area contributed by atoms with Crippen LogP contribution in [-0.2, 0) is 5.60 Å². The Hall–Kier alpha value is -1.32. The standard InChI is InChI=1S/C17H19BrO2/c1-11-8-9-15(16(20-4)12(11)2)17(3,19)13-6-5-7-14(18)10-13/h5-10,19H,1-4H3. The second-order valence-electron chi connectivity index (χ2n) is 5.17. The molecule has 0 aromatic heterocycles. The molecule has 0 bridgehead atoms. The lowest BCUT2D eigenvalue weighted by atomic mass is 9.86. The number of rotatable bonds is 3. The summed E-state index contributed by atoms with van der Waals surface area (Å²) >= 11 is 3.45. The quantitative estimate of drug-likeness (QED) is 0.905. The molecule has 2 aromatic carbocycles. The van der Waals surface area contributed by atoms with Crippen LogP contribution in [-0.4, -0.2) is 12.2 Å². The molecule has 1 atom stereocenters. The Bertz CT molecular complexity index is 633. The van der Waals surface area contributed by atoms with E-state index in [1.165, 1.54) is 0 Å². The van der Waals surface area contributed by atoms with Gasteiger partial charge in [-0.25, -0.2) is 0 Å². The van der Waals surface area contributed by atoms with E-state index in [4.69, 9.17) is 4.74 Å². The predicted octanol–water partition coefficient (Wildman–Crippen LogP) is 4.33.